The Bertz CT molecular complexity index is 1120. The fourth-order valence-electron chi connectivity index (χ4n) is 3.71. The van der Waals surface area contributed by atoms with E-state index in [9.17, 15) is 30.7 Å². The van der Waals surface area contributed by atoms with Crippen LogP contribution in [0.25, 0.3) is 5.65 Å². The zero-order chi connectivity index (χ0) is 23.3. The first-order chi connectivity index (χ1) is 14.9. The highest BCUT2D eigenvalue weighted by atomic mass is 19.4. The number of anilines is 1. The summed E-state index contributed by atoms with van der Waals surface area (Å²) in [5.41, 5.74) is -3.17. The minimum absolute atomic E-state index is 0.0720. The highest BCUT2D eigenvalue weighted by Gasteiger charge is 2.41. The molecule has 0 radical (unpaired) electrons. The van der Waals surface area contributed by atoms with Crippen LogP contribution in [0.15, 0.2) is 36.4 Å². The van der Waals surface area contributed by atoms with Gasteiger partial charge < -0.3 is 10.6 Å². The van der Waals surface area contributed by atoms with Crippen molar-refractivity contribution in [2.45, 2.75) is 24.7 Å². The molecular weight excluding hydrogens is 443 g/mol. The number of hydrogen-bond acceptors (Lipinski definition) is 4. The maximum Gasteiger partial charge on any atom is 0.435 e. The molecule has 2 aromatic heterocycles. The van der Waals surface area contributed by atoms with Crippen LogP contribution in [0.2, 0.25) is 0 Å². The maximum atomic E-state index is 13.4. The third-order valence-electron chi connectivity index (χ3n) is 5.83. The quantitative estimate of drug-likeness (QED) is 0.550. The second-order valence-corrected chi connectivity index (χ2v) is 7.95. The van der Waals surface area contributed by atoms with Crippen LogP contribution in [0.4, 0.5) is 36.6 Å². The van der Waals surface area contributed by atoms with E-state index in [0.29, 0.717) is 29.7 Å². The van der Waals surface area contributed by atoms with Gasteiger partial charge in [0.15, 0.2) is 17.0 Å². The molecule has 1 aliphatic heterocycles. The Morgan fingerprint density at radius 3 is 2.16 bits per heavy atom. The van der Waals surface area contributed by atoms with Gasteiger partial charge in [-0.05, 0) is 23.6 Å². The molecular formula is C20H18F7N5. The van der Waals surface area contributed by atoms with Gasteiger partial charge in [0.05, 0.1) is 0 Å². The Hall–Kier alpha value is -2.89. The van der Waals surface area contributed by atoms with Crippen LogP contribution in [-0.2, 0) is 17.8 Å². The van der Waals surface area contributed by atoms with E-state index in [0.717, 1.165) is 5.56 Å². The van der Waals surface area contributed by atoms with Gasteiger partial charge in [-0.15, -0.1) is 0 Å². The van der Waals surface area contributed by atoms with Crippen molar-refractivity contribution in [3.63, 3.8) is 0 Å². The van der Waals surface area contributed by atoms with Crippen molar-refractivity contribution in [2.24, 2.45) is 5.92 Å². The Kier molecular flexibility index (Phi) is 5.30. The number of aromatic nitrogens is 3. The fraction of sp³-hybridized carbons (Fsp3) is 0.400. The van der Waals surface area contributed by atoms with E-state index in [-0.39, 0.29) is 18.3 Å². The minimum atomic E-state index is -4.86. The lowest BCUT2D eigenvalue weighted by atomic mass is 9.69. The number of benzene rings is 1. The molecule has 0 unspecified atom stereocenters. The van der Waals surface area contributed by atoms with E-state index in [1.165, 1.54) is 12.1 Å². The summed E-state index contributed by atoms with van der Waals surface area (Å²) in [7, 11) is 0. The summed E-state index contributed by atoms with van der Waals surface area (Å²) in [6.45, 7) is 3.21. The second-order valence-electron chi connectivity index (χ2n) is 7.95. The van der Waals surface area contributed by atoms with Crippen molar-refractivity contribution in [1.29, 1.82) is 0 Å². The van der Waals surface area contributed by atoms with Crippen molar-refractivity contribution in [1.82, 2.24) is 19.9 Å². The summed E-state index contributed by atoms with van der Waals surface area (Å²) in [5.74, 6) is -0.639. The maximum absolute atomic E-state index is 13.4. The summed E-state index contributed by atoms with van der Waals surface area (Å²) in [6.07, 6.45) is -9.71. The predicted molar refractivity (Wildman–Crippen MR) is 102 cm³/mol. The molecule has 1 aliphatic rings. The molecule has 12 heteroatoms. The molecule has 0 amide bonds. The summed E-state index contributed by atoms with van der Waals surface area (Å²) in [4.78, 5) is 3.30. The van der Waals surface area contributed by atoms with E-state index in [1.807, 2.05) is 6.92 Å². The Morgan fingerprint density at radius 2 is 1.62 bits per heavy atom. The molecule has 172 valence electrons. The Balaban J connectivity index is 1.74. The zero-order valence-electron chi connectivity index (χ0n) is 16.7. The summed E-state index contributed by atoms with van der Waals surface area (Å²) < 4.78 is 93.4. The first-order valence-electron chi connectivity index (χ1n) is 9.64. The van der Waals surface area contributed by atoms with Gasteiger partial charge in [0.2, 0.25) is 0 Å². The van der Waals surface area contributed by atoms with Gasteiger partial charge in [-0.1, -0.05) is 19.1 Å². The number of alkyl halides is 6. The SMILES string of the molecule is C[C@](CNc1cc(C(F)(F)F)nc2cc(C(F)(F)F)nn12)(c1ccc(F)cc1)C1CNC1. The number of rotatable bonds is 5. The molecule has 1 saturated heterocycles. The number of nitrogens with zero attached hydrogens (tertiary/aromatic N) is 3. The molecule has 1 fully saturated rings. The van der Waals surface area contributed by atoms with Crippen molar-refractivity contribution in [2.75, 3.05) is 25.0 Å². The number of nitrogens with one attached hydrogen (secondary N) is 2. The van der Waals surface area contributed by atoms with Crippen molar-refractivity contribution < 1.29 is 30.7 Å². The highest BCUT2D eigenvalue weighted by molar-refractivity contribution is 5.52. The molecule has 32 heavy (non-hydrogen) atoms. The number of fused-ring (bicyclic) bond motifs is 1. The summed E-state index contributed by atoms with van der Waals surface area (Å²) in [5, 5.41) is 9.37. The molecule has 1 aromatic carbocycles. The third kappa shape index (κ3) is 4.10. The summed E-state index contributed by atoms with van der Waals surface area (Å²) >= 11 is 0. The number of hydrogen-bond donors (Lipinski definition) is 2. The fourth-order valence-corrected chi connectivity index (χ4v) is 3.71. The van der Waals surface area contributed by atoms with E-state index in [2.05, 4.69) is 20.7 Å². The van der Waals surface area contributed by atoms with E-state index in [4.69, 9.17) is 0 Å². The highest BCUT2D eigenvalue weighted by Crippen LogP contribution is 2.37. The molecule has 0 aliphatic carbocycles. The molecule has 1 atom stereocenters. The van der Waals surface area contributed by atoms with Crippen LogP contribution in [0, 0.1) is 11.7 Å². The lowest BCUT2D eigenvalue weighted by Gasteiger charge is -2.44. The summed E-state index contributed by atoms with van der Waals surface area (Å²) in [6, 6.07) is 6.85. The van der Waals surface area contributed by atoms with Gasteiger partial charge in [0, 0.05) is 37.2 Å². The first-order valence-corrected chi connectivity index (χ1v) is 9.64. The molecule has 2 N–H and O–H groups in total. The van der Waals surface area contributed by atoms with Crippen molar-refractivity contribution in [3.05, 3.63) is 59.2 Å². The molecule has 0 spiro atoms. The van der Waals surface area contributed by atoms with Crippen LogP contribution in [0.3, 0.4) is 0 Å². The van der Waals surface area contributed by atoms with E-state index in [1.54, 1.807) is 12.1 Å². The zero-order valence-corrected chi connectivity index (χ0v) is 16.7. The van der Waals surface area contributed by atoms with Crippen molar-refractivity contribution in [3.8, 4) is 0 Å². The average Bonchev–Trinajstić information content (AvgIpc) is 3.09. The topological polar surface area (TPSA) is 54.2 Å². The number of halogens is 7. The van der Waals surface area contributed by atoms with Crippen LogP contribution >= 0.6 is 0 Å². The first kappa shape index (κ1) is 22.3. The van der Waals surface area contributed by atoms with Crippen LogP contribution in [-0.4, -0.2) is 34.2 Å². The van der Waals surface area contributed by atoms with E-state index >= 15 is 0 Å². The predicted octanol–water partition coefficient (Wildman–Crippen LogP) is 4.50. The average molecular weight is 461 g/mol. The molecule has 0 saturated carbocycles. The van der Waals surface area contributed by atoms with Crippen molar-refractivity contribution >= 4 is 11.5 Å². The van der Waals surface area contributed by atoms with Gasteiger partial charge in [0.1, 0.15) is 11.6 Å². The molecule has 0 bridgehead atoms. The second kappa shape index (κ2) is 7.61. The smallest absolute Gasteiger partial charge is 0.369 e. The van der Waals surface area contributed by atoms with Crippen LogP contribution in [0.5, 0.6) is 0 Å². The normalized spacial score (nSPS) is 17.2. The monoisotopic (exact) mass is 461 g/mol. The Morgan fingerprint density at radius 1 is 1.00 bits per heavy atom. The Labute approximate surface area is 177 Å². The van der Waals surface area contributed by atoms with Gasteiger partial charge in [-0.2, -0.15) is 36.0 Å². The minimum Gasteiger partial charge on any atom is -0.369 e. The van der Waals surface area contributed by atoms with Crippen LogP contribution in [0.1, 0.15) is 23.9 Å². The van der Waals surface area contributed by atoms with Gasteiger partial charge in [-0.3, -0.25) is 0 Å². The third-order valence-corrected chi connectivity index (χ3v) is 5.83. The van der Waals surface area contributed by atoms with Gasteiger partial charge >= 0.3 is 12.4 Å². The standard InChI is InChI=1S/C20H18F7N5/c1-18(12-8-28-9-12,11-2-4-13(21)5-3-11)10-29-16-6-14(19(22,23)24)30-17-7-15(20(25,26)27)31-32(16)17/h2-7,12,28-29H,8-10H2,1H3/t18-/m0/s1. The van der Waals surface area contributed by atoms with Gasteiger partial charge in [0.25, 0.3) is 0 Å². The largest absolute Gasteiger partial charge is 0.435 e. The van der Waals surface area contributed by atoms with Crippen LogP contribution < -0.4 is 10.6 Å². The molecule has 3 aromatic rings. The molecule has 3 heterocycles. The molecule has 5 nitrogen and oxygen atoms in total. The molecule has 4 rings (SSSR count). The van der Waals surface area contributed by atoms with Gasteiger partial charge in [-0.25, -0.2) is 9.37 Å². The lowest BCUT2D eigenvalue weighted by molar-refractivity contribution is -0.142. The lowest BCUT2D eigenvalue weighted by Crippen LogP contribution is -2.55. The van der Waals surface area contributed by atoms with E-state index < -0.39 is 40.6 Å².